The van der Waals surface area contributed by atoms with Crippen LogP contribution in [0.15, 0.2) is 52.4 Å². The van der Waals surface area contributed by atoms with E-state index in [0.717, 1.165) is 22.9 Å². The van der Waals surface area contributed by atoms with Crippen LogP contribution >= 0.6 is 11.8 Å². The van der Waals surface area contributed by atoms with Crippen molar-refractivity contribution >= 4 is 28.6 Å². The molecule has 8 heteroatoms. The van der Waals surface area contributed by atoms with Crippen LogP contribution in [0.3, 0.4) is 0 Å². The van der Waals surface area contributed by atoms with Crippen LogP contribution in [0, 0.1) is 13.8 Å². The first-order valence-corrected chi connectivity index (χ1v) is 8.67. The van der Waals surface area contributed by atoms with Crippen molar-refractivity contribution in [1.82, 2.24) is 5.32 Å². The zero-order valence-electron chi connectivity index (χ0n) is 13.9. The molecule has 1 N–H and O–H groups in total. The van der Waals surface area contributed by atoms with Crippen LogP contribution < -0.4 is 10.2 Å². The number of urea groups is 1. The lowest BCUT2D eigenvalue weighted by Crippen LogP contribution is -2.62. The summed E-state index contributed by atoms with van der Waals surface area (Å²) < 4.78 is 42.2. The van der Waals surface area contributed by atoms with Crippen LogP contribution in [0.4, 0.5) is 23.7 Å². The fourth-order valence-corrected chi connectivity index (χ4v) is 4.18. The van der Waals surface area contributed by atoms with Gasteiger partial charge in [-0.2, -0.15) is 13.2 Å². The van der Waals surface area contributed by atoms with Crippen molar-refractivity contribution in [1.29, 1.82) is 0 Å². The number of halogens is 3. The number of anilines is 1. The van der Waals surface area contributed by atoms with Gasteiger partial charge >= 0.3 is 12.2 Å². The number of thioether (sulfide) groups is 1. The van der Waals surface area contributed by atoms with Crippen LogP contribution in [0.2, 0.25) is 0 Å². The van der Waals surface area contributed by atoms with Crippen LogP contribution in [0.1, 0.15) is 16.7 Å². The van der Waals surface area contributed by atoms with E-state index in [1.54, 1.807) is 31.2 Å². The van der Waals surface area contributed by atoms with Gasteiger partial charge in [0.15, 0.2) is 5.17 Å². The number of hydrogen-bond donors (Lipinski definition) is 1. The molecule has 0 fully saturated rings. The lowest BCUT2D eigenvalue weighted by molar-refractivity contribution is -0.195. The molecule has 0 saturated carbocycles. The van der Waals surface area contributed by atoms with E-state index in [1.165, 1.54) is 17.0 Å². The van der Waals surface area contributed by atoms with Crippen LogP contribution in [-0.4, -0.2) is 17.4 Å². The lowest BCUT2D eigenvalue weighted by atomic mass is 9.97. The van der Waals surface area contributed by atoms with Crippen LogP contribution in [0.5, 0.6) is 0 Å². The Morgan fingerprint density at radius 1 is 1.08 bits per heavy atom. The number of amides is 2. The standard InChI is InChI=1S/C18H14F3N3OS/c1-10-3-6-12(7-4-10)17(18(19,20)21)22-15(25)24-13-8-5-11(2)9-14(13)26-16(24)23-17/h3-9H,1-2H3,(H,22,25)/t17-/m0/s1. The van der Waals surface area contributed by atoms with E-state index >= 15 is 0 Å². The highest BCUT2D eigenvalue weighted by Gasteiger charge is 2.61. The normalized spacial score (nSPS) is 21.8. The summed E-state index contributed by atoms with van der Waals surface area (Å²) in [6, 6.07) is 10.3. The summed E-state index contributed by atoms with van der Waals surface area (Å²) in [4.78, 5) is 18.5. The van der Waals surface area contributed by atoms with Gasteiger partial charge in [-0.3, -0.25) is 0 Å². The summed E-state index contributed by atoms with van der Waals surface area (Å²) in [6.45, 7) is 3.66. The monoisotopic (exact) mass is 377 g/mol. The van der Waals surface area contributed by atoms with Gasteiger partial charge in [0.25, 0.3) is 5.66 Å². The van der Waals surface area contributed by atoms with E-state index in [-0.39, 0.29) is 10.7 Å². The number of rotatable bonds is 1. The minimum Gasteiger partial charge on any atom is -0.301 e. The maximum absolute atomic E-state index is 14.1. The summed E-state index contributed by atoms with van der Waals surface area (Å²) in [6.07, 6.45) is -4.79. The Bertz CT molecular complexity index is 940. The molecule has 1 atom stereocenters. The third kappa shape index (κ3) is 2.39. The number of amidine groups is 1. The van der Waals surface area contributed by atoms with Crippen molar-refractivity contribution in [2.24, 2.45) is 4.99 Å². The first kappa shape index (κ1) is 17.0. The van der Waals surface area contributed by atoms with Crippen LogP contribution in [-0.2, 0) is 5.66 Å². The quantitative estimate of drug-likeness (QED) is 0.782. The van der Waals surface area contributed by atoms with Crippen molar-refractivity contribution in [2.45, 2.75) is 30.6 Å². The van der Waals surface area contributed by atoms with Crippen molar-refractivity contribution in [3.8, 4) is 0 Å². The average molecular weight is 377 g/mol. The summed E-state index contributed by atoms with van der Waals surface area (Å²) in [5.74, 6) is 0. The minimum absolute atomic E-state index is 0.0206. The molecule has 0 saturated heterocycles. The fraction of sp³-hybridized carbons (Fsp3) is 0.222. The predicted molar refractivity (Wildman–Crippen MR) is 94.4 cm³/mol. The first-order valence-electron chi connectivity index (χ1n) is 7.86. The summed E-state index contributed by atoms with van der Waals surface area (Å²) >= 11 is 1.07. The maximum Gasteiger partial charge on any atom is 0.436 e. The molecule has 26 heavy (non-hydrogen) atoms. The molecule has 2 aromatic rings. The Kier molecular flexibility index (Phi) is 3.59. The van der Waals surface area contributed by atoms with E-state index in [9.17, 15) is 18.0 Å². The number of alkyl halides is 3. The number of nitrogens with zero attached hydrogens (tertiary/aromatic N) is 2. The molecule has 4 rings (SSSR count). The molecule has 4 nitrogen and oxygen atoms in total. The van der Waals surface area contributed by atoms with E-state index in [0.29, 0.717) is 10.6 Å². The van der Waals surface area contributed by atoms with Gasteiger partial charge in [0.05, 0.1) is 5.69 Å². The van der Waals surface area contributed by atoms with Gasteiger partial charge in [-0.25, -0.2) is 14.7 Å². The highest BCUT2D eigenvalue weighted by molar-refractivity contribution is 8.15. The Morgan fingerprint density at radius 3 is 2.38 bits per heavy atom. The maximum atomic E-state index is 14.1. The lowest BCUT2D eigenvalue weighted by Gasteiger charge is -2.38. The molecule has 0 spiro atoms. The van der Waals surface area contributed by atoms with Gasteiger partial charge in [-0.15, -0.1) is 0 Å². The Hall–Kier alpha value is -2.48. The molecule has 0 unspecified atom stereocenters. The molecule has 0 bridgehead atoms. The van der Waals surface area contributed by atoms with Crippen molar-refractivity contribution < 1.29 is 18.0 Å². The molecule has 2 aliphatic heterocycles. The number of carbonyl (C=O) groups is 1. The Balaban J connectivity index is 1.89. The second-order valence-electron chi connectivity index (χ2n) is 6.31. The number of nitrogens with one attached hydrogen (secondary N) is 1. The number of hydrogen-bond acceptors (Lipinski definition) is 3. The molecule has 0 aliphatic carbocycles. The second-order valence-corrected chi connectivity index (χ2v) is 7.32. The van der Waals surface area contributed by atoms with Gasteiger partial charge in [0.2, 0.25) is 0 Å². The molecular formula is C18H14F3N3OS. The molecule has 134 valence electrons. The van der Waals surface area contributed by atoms with Crippen LogP contribution in [0.25, 0.3) is 0 Å². The van der Waals surface area contributed by atoms with Gasteiger partial charge in [-0.1, -0.05) is 35.9 Å². The van der Waals surface area contributed by atoms with Gasteiger partial charge < -0.3 is 5.32 Å². The third-order valence-corrected chi connectivity index (χ3v) is 5.39. The highest BCUT2D eigenvalue weighted by Crippen LogP contribution is 2.48. The largest absolute Gasteiger partial charge is 0.436 e. The third-order valence-electron chi connectivity index (χ3n) is 4.38. The fourth-order valence-electron chi connectivity index (χ4n) is 3.02. The number of carbonyl (C=O) groups excluding carboxylic acids is 1. The molecular weight excluding hydrogens is 363 g/mol. The number of aryl methyl sites for hydroxylation is 2. The average Bonchev–Trinajstić information content (AvgIpc) is 2.91. The molecule has 2 amide bonds. The van der Waals surface area contributed by atoms with Gasteiger partial charge in [-0.05, 0) is 43.3 Å². The highest BCUT2D eigenvalue weighted by atomic mass is 32.2. The molecule has 0 radical (unpaired) electrons. The summed E-state index contributed by atoms with van der Waals surface area (Å²) in [7, 11) is 0. The molecule has 2 aliphatic rings. The SMILES string of the molecule is Cc1ccc([C@@]2(C(F)(F)F)N=C3Sc4cc(C)ccc4N3C(=O)N2)cc1. The zero-order chi connectivity index (χ0) is 18.7. The summed E-state index contributed by atoms with van der Waals surface area (Å²) in [5, 5.41) is 2.11. The van der Waals surface area contributed by atoms with Crippen molar-refractivity contribution in [3.63, 3.8) is 0 Å². The number of aliphatic imine (C=N–C) groups is 1. The molecule has 0 aromatic heterocycles. The first-order chi connectivity index (χ1) is 12.2. The number of fused-ring (bicyclic) bond motifs is 3. The van der Waals surface area contributed by atoms with E-state index in [1.807, 2.05) is 13.0 Å². The predicted octanol–water partition coefficient (Wildman–Crippen LogP) is 4.71. The van der Waals surface area contributed by atoms with E-state index in [2.05, 4.69) is 10.3 Å². The summed E-state index contributed by atoms with van der Waals surface area (Å²) in [5.41, 5.74) is -0.605. The van der Waals surface area contributed by atoms with E-state index in [4.69, 9.17) is 0 Å². The number of benzene rings is 2. The zero-order valence-corrected chi connectivity index (χ0v) is 14.7. The Labute approximate surface area is 152 Å². The van der Waals surface area contributed by atoms with Gasteiger partial charge in [0, 0.05) is 10.5 Å². The topological polar surface area (TPSA) is 44.7 Å². The Morgan fingerprint density at radius 2 is 1.73 bits per heavy atom. The van der Waals surface area contributed by atoms with Crippen molar-refractivity contribution in [2.75, 3.05) is 4.90 Å². The van der Waals surface area contributed by atoms with Gasteiger partial charge in [0.1, 0.15) is 0 Å². The van der Waals surface area contributed by atoms with Crippen molar-refractivity contribution in [3.05, 3.63) is 59.2 Å². The van der Waals surface area contributed by atoms with E-state index < -0.39 is 17.9 Å². The minimum atomic E-state index is -4.79. The smallest absolute Gasteiger partial charge is 0.301 e. The second kappa shape index (κ2) is 5.51. The molecule has 2 aromatic carbocycles. The molecule has 2 heterocycles.